The number of piperazine rings is 1. The van der Waals surface area contributed by atoms with Gasteiger partial charge in [0.1, 0.15) is 10.6 Å². The lowest BCUT2D eigenvalue weighted by Crippen LogP contribution is -2.50. The standard InChI is InChI=1S/C24H28N4O4S/c1-17-16-21(19(3)28(17)22-8-6-5-7-9-22)10-11-23(29)26-12-14-27(15-13-26)33(30,31)24-18(2)25-32-20(24)4/h5-11,16H,12-15H2,1-4H3/b11-10+. The molecule has 1 aliphatic heterocycles. The van der Waals surface area contributed by atoms with Crippen LogP contribution in [0, 0.1) is 27.7 Å². The zero-order chi connectivity index (χ0) is 23.8. The lowest BCUT2D eigenvalue weighted by molar-refractivity contribution is -0.127. The zero-order valence-corrected chi connectivity index (χ0v) is 20.1. The molecule has 0 spiro atoms. The number of rotatable bonds is 5. The normalized spacial score (nSPS) is 15.5. The quantitative estimate of drug-likeness (QED) is 0.537. The van der Waals surface area contributed by atoms with Crippen LogP contribution in [0.2, 0.25) is 0 Å². The molecule has 0 saturated carbocycles. The van der Waals surface area contributed by atoms with Crippen molar-refractivity contribution < 1.29 is 17.7 Å². The fourth-order valence-corrected chi connectivity index (χ4v) is 6.03. The minimum Gasteiger partial charge on any atom is -0.360 e. The van der Waals surface area contributed by atoms with E-state index in [-0.39, 0.29) is 29.7 Å². The molecule has 0 N–H and O–H groups in total. The van der Waals surface area contributed by atoms with Crippen molar-refractivity contribution in [3.63, 3.8) is 0 Å². The van der Waals surface area contributed by atoms with Gasteiger partial charge >= 0.3 is 0 Å². The summed E-state index contributed by atoms with van der Waals surface area (Å²) in [5.41, 5.74) is 4.54. The van der Waals surface area contributed by atoms with Crippen LogP contribution >= 0.6 is 0 Å². The highest BCUT2D eigenvalue weighted by molar-refractivity contribution is 7.89. The molecule has 3 aromatic rings. The molecule has 1 fully saturated rings. The van der Waals surface area contributed by atoms with Gasteiger partial charge in [0.05, 0.1) is 0 Å². The van der Waals surface area contributed by atoms with Crippen molar-refractivity contribution >= 4 is 22.0 Å². The van der Waals surface area contributed by atoms with Crippen molar-refractivity contribution in [2.75, 3.05) is 26.2 Å². The Hall–Kier alpha value is -3.17. The van der Waals surface area contributed by atoms with Gasteiger partial charge in [-0.05, 0) is 57.5 Å². The maximum absolute atomic E-state index is 13.0. The number of carbonyl (C=O) groups is 1. The van der Waals surface area contributed by atoms with Crippen LogP contribution in [0.3, 0.4) is 0 Å². The first kappa shape index (κ1) is 23.0. The van der Waals surface area contributed by atoms with E-state index in [0.717, 1.165) is 22.6 Å². The van der Waals surface area contributed by atoms with E-state index in [1.165, 1.54) is 4.31 Å². The molecule has 0 atom stereocenters. The topological polar surface area (TPSA) is 88.7 Å². The van der Waals surface area contributed by atoms with Gasteiger partial charge in [-0.25, -0.2) is 8.42 Å². The molecule has 0 bridgehead atoms. The molecular formula is C24H28N4O4S. The number of carbonyl (C=O) groups excluding carboxylic acids is 1. The van der Waals surface area contributed by atoms with E-state index < -0.39 is 10.0 Å². The van der Waals surface area contributed by atoms with Gasteiger partial charge in [-0.15, -0.1) is 0 Å². The molecule has 0 radical (unpaired) electrons. The highest BCUT2D eigenvalue weighted by atomic mass is 32.2. The van der Waals surface area contributed by atoms with Crippen LogP contribution in [-0.2, 0) is 14.8 Å². The zero-order valence-electron chi connectivity index (χ0n) is 19.3. The number of nitrogens with zero attached hydrogens (tertiary/aromatic N) is 4. The fraction of sp³-hybridized carbons (Fsp3) is 0.333. The van der Waals surface area contributed by atoms with Gasteiger partial charge in [-0.2, -0.15) is 4.31 Å². The van der Waals surface area contributed by atoms with Gasteiger partial charge in [-0.3, -0.25) is 4.79 Å². The van der Waals surface area contributed by atoms with Crippen molar-refractivity contribution in [2.24, 2.45) is 0 Å². The Balaban J connectivity index is 1.43. The molecule has 0 unspecified atom stereocenters. The molecule has 2 aromatic heterocycles. The molecule has 8 nitrogen and oxygen atoms in total. The summed E-state index contributed by atoms with van der Waals surface area (Å²) in [6, 6.07) is 12.1. The van der Waals surface area contributed by atoms with E-state index >= 15 is 0 Å². The number of benzene rings is 1. The first-order chi connectivity index (χ1) is 15.7. The number of aromatic nitrogens is 2. The summed E-state index contributed by atoms with van der Waals surface area (Å²) < 4.78 is 34.5. The lowest BCUT2D eigenvalue weighted by atomic mass is 10.2. The van der Waals surface area contributed by atoms with Crippen molar-refractivity contribution in [2.45, 2.75) is 32.6 Å². The van der Waals surface area contributed by atoms with E-state index in [1.54, 1.807) is 24.8 Å². The Labute approximate surface area is 194 Å². The van der Waals surface area contributed by atoms with Crippen LogP contribution in [0.15, 0.2) is 51.9 Å². The molecule has 1 aliphatic rings. The molecule has 0 aliphatic carbocycles. The predicted molar refractivity (Wildman–Crippen MR) is 126 cm³/mol. The predicted octanol–water partition coefficient (Wildman–Crippen LogP) is 3.25. The summed E-state index contributed by atoms with van der Waals surface area (Å²) in [6.07, 6.45) is 3.40. The second-order valence-corrected chi connectivity index (χ2v) is 10.1. The minimum atomic E-state index is -3.70. The smallest absolute Gasteiger partial charge is 0.248 e. The molecule has 3 heterocycles. The fourth-order valence-electron chi connectivity index (χ4n) is 4.32. The maximum Gasteiger partial charge on any atom is 0.248 e. The van der Waals surface area contributed by atoms with E-state index in [2.05, 4.69) is 27.9 Å². The number of amides is 1. The summed E-state index contributed by atoms with van der Waals surface area (Å²) in [7, 11) is -3.70. The van der Waals surface area contributed by atoms with Crippen LogP contribution in [-0.4, -0.2) is 59.4 Å². The third-order valence-electron chi connectivity index (χ3n) is 6.01. The maximum atomic E-state index is 13.0. The first-order valence-electron chi connectivity index (χ1n) is 10.8. The Morgan fingerprint density at radius 1 is 1.03 bits per heavy atom. The third-order valence-corrected chi connectivity index (χ3v) is 8.15. The van der Waals surface area contributed by atoms with Crippen molar-refractivity contribution in [3.05, 3.63) is 70.9 Å². The number of hydrogen-bond donors (Lipinski definition) is 0. The van der Waals surface area contributed by atoms with Gasteiger partial charge in [0.2, 0.25) is 15.9 Å². The monoisotopic (exact) mass is 468 g/mol. The Morgan fingerprint density at radius 2 is 1.70 bits per heavy atom. The number of para-hydroxylation sites is 1. The molecule has 1 amide bonds. The largest absolute Gasteiger partial charge is 0.360 e. The van der Waals surface area contributed by atoms with Crippen LogP contribution < -0.4 is 0 Å². The number of aryl methyl sites for hydroxylation is 3. The minimum absolute atomic E-state index is 0.121. The SMILES string of the molecule is Cc1noc(C)c1S(=O)(=O)N1CCN(C(=O)/C=C/c2cc(C)n(-c3ccccc3)c2C)CC1. The van der Waals surface area contributed by atoms with Gasteiger partial charge in [0, 0.05) is 49.3 Å². The van der Waals surface area contributed by atoms with E-state index in [1.807, 2.05) is 38.1 Å². The first-order valence-corrected chi connectivity index (χ1v) is 12.3. The Morgan fingerprint density at radius 3 is 2.30 bits per heavy atom. The highest BCUT2D eigenvalue weighted by Crippen LogP contribution is 2.25. The number of hydrogen-bond acceptors (Lipinski definition) is 5. The second-order valence-electron chi connectivity index (χ2n) is 8.21. The molecule has 4 rings (SSSR count). The number of sulfonamides is 1. The van der Waals surface area contributed by atoms with Crippen molar-refractivity contribution in [1.82, 2.24) is 18.9 Å². The van der Waals surface area contributed by atoms with E-state index in [4.69, 9.17) is 4.52 Å². The summed E-state index contributed by atoms with van der Waals surface area (Å²) in [5, 5.41) is 3.75. The van der Waals surface area contributed by atoms with Crippen molar-refractivity contribution in [1.29, 1.82) is 0 Å². The molecule has 1 aromatic carbocycles. The highest BCUT2D eigenvalue weighted by Gasteiger charge is 2.33. The molecule has 174 valence electrons. The molecule has 9 heteroatoms. The third kappa shape index (κ3) is 4.38. The summed E-state index contributed by atoms with van der Waals surface area (Å²) in [6.45, 7) is 8.39. The van der Waals surface area contributed by atoms with Gasteiger partial charge in [-0.1, -0.05) is 23.4 Å². The lowest BCUT2D eigenvalue weighted by Gasteiger charge is -2.33. The van der Waals surface area contributed by atoms with E-state index in [9.17, 15) is 13.2 Å². The molecule has 33 heavy (non-hydrogen) atoms. The van der Waals surface area contributed by atoms with Crippen LogP contribution in [0.5, 0.6) is 0 Å². The van der Waals surface area contributed by atoms with Crippen LogP contribution in [0.4, 0.5) is 0 Å². The molecule has 1 saturated heterocycles. The van der Waals surface area contributed by atoms with Crippen LogP contribution in [0.25, 0.3) is 11.8 Å². The average Bonchev–Trinajstić information content (AvgIpc) is 3.29. The van der Waals surface area contributed by atoms with Gasteiger partial charge in [0.25, 0.3) is 0 Å². The Kier molecular flexibility index (Phi) is 6.27. The average molecular weight is 469 g/mol. The van der Waals surface area contributed by atoms with Gasteiger partial charge in [0.15, 0.2) is 5.76 Å². The molecular weight excluding hydrogens is 440 g/mol. The van der Waals surface area contributed by atoms with Crippen molar-refractivity contribution in [3.8, 4) is 5.69 Å². The van der Waals surface area contributed by atoms with Crippen LogP contribution in [0.1, 0.15) is 28.4 Å². The summed E-state index contributed by atoms with van der Waals surface area (Å²) in [5.74, 6) is 0.149. The van der Waals surface area contributed by atoms with Gasteiger partial charge < -0.3 is 14.0 Å². The Bertz CT molecular complexity index is 1280. The summed E-state index contributed by atoms with van der Waals surface area (Å²) >= 11 is 0. The van der Waals surface area contributed by atoms with E-state index in [0.29, 0.717) is 18.8 Å². The summed E-state index contributed by atoms with van der Waals surface area (Å²) in [4.78, 5) is 14.6. The second kappa shape index (κ2) is 8.99.